The zero-order chi connectivity index (χ0) is 18.8. The SMILES string of the molecule is CC1CC(C)CN(c2nnc(SC3CCCCC3=O)n2Cc2ccco2)C1. The van der Waals surface area contributed by atoms with Crippen molar-refractivity contribution < 1.29 is 9.21 Å². The molecule has 1 aliphatic carbocycles. The Bertz CT molecular complexity index is 763. The number of aromatic nitrogens is 3. The summed E-state index contributed by atoms with van der Waals surface area (Å²) in [5, 5.41) is 9.87. The van der Waals surface area contributed by atoms with Crippen LogP contribution in [0.15, 0.2) is 28.0 Å². The summed E-state index contributed by atoms with van der Waals surface area (Å²) in [4.78, 5) is 14.7. The van der Waals surface area contributed by atoms with Crippen LogP contribution in [-0.4, -0.2) is 38.9 Å². The topological polar surface area (TPSA) is 64.2 Å². The molecule has 0 amide bonds. The number of Topliss-reactive ketones (excluding diaryl/α,β-unsaturated/α-hetero) is 1. The maximum Gasteiger partial charge on any atom is 0.228 e. The van der Waals surface area contributed by atoms with E-state index in [4.69, 9.17) is 4.42 Å². The van der Waals surface area contributed by atoms with E-state index in [0.29, 0.717) is 30.6 Å². The molecular weight excluding hydrogens is 360 g/mol. The molecule has 2 fully saturated rings. The maximum atomic E-state index is 12.3. The Morgan fingerprint density at radius 3 is 2.74 bits per heavy atom. The van der Waals surface area contributed by atoms with Gasteiger partial charge in [0.25, 0.3) is 0 Å². The molecule has 0 aromatic carbocycles. The van der Waals surface area contributed by atoms with E-state index in [1.807, 2.05) is 12.1 Å². The van der Waals surface area contributed by atoms with Crippen LogP contribution >= 0.6 is 11.8 Å². The number of ketones is 1. The van der Waals surface area contributed by atoms with E-state index in [1.165, 1.54) is 6.42 Å². The smallest absolute Gasteiger partial charge is 0.228 e. The van der Waals surface area contributed by atoms with Crippen LogP contribution in [0, 0.1) is 11.8 Å². The van der Waals surface area contributed by atoms with Crippen molar-refractivity contribution in [2.24, 2.45) is 11.8 Å². The van der Waals surface area contributed by atoms with Crippen LogP contribution in [-0.2, 0) is 11.3 Å². The van der Waals surface area contributed by atoms with Crippen LogP contribution in [0.4, 0.5) is 5.95 Å². The van der Waals surface area contributed by atoms with Gasteiger partial charge in [-0.1, -0.05) is 32.0 Å². The third kappa shape index (κ3) is 4.23. The Morgan fingerprint density at radius 1 is 1.22 bits per heavy atom. The van der Waals surface area contributed by atoms with Crippen molar-refractivity contribution >= 4 is 23.5 Å². The molecule has 0 radical (unpaired) electrons. The molecule has 1 aliphatic heterocycles. The quantitative estimate of drug-likeness (QED) is 0.771. The Hall–Kier alpha value is -1.76. The number of hydrogen-bond donors (Lipinski definition) is 0. The lowest BCUT2D eigenvalue weighted by Crippen LogP contribution is -2.40. The van der Waals surface area contributed by atoms with E-state index < -0.39 is 0 Å². The molecule has 0 N–H and O–H groups in total. The largest absolute Gasteiger partial charge is 0.467 e. The molecule has 7 heteroatoms. The normalized spacial score (nSPS) is 26.5. The van der Waals surface area contributed by atoms with Gasteiger partial charge in [-0.2, -0.15) is 0 Å². The minimum absolute atomic E-state index is 0.00496. The molecule has 2 aromatic heterocycles. The summed E-state index contributed by atoms with van der Waals surface area (Å²) in [6.45, 7) is 7.18. The standard InChI is InChI=1S/C20H28N4O2S/c1-14-10-15(2)12-23(11-14)19-21-22-20(24(19)13-16-6-5-9-26-16)27-18-8-4-3-7-17(18)25/h5-6,9,14-15,18H,3-4,7-8,10-13H2,1-2H3. The highest BCUT2D eigenvalue weighted by Gasteiger charge is 2.30. The molecular formula is C20H28N4O2S. The Labute approximate surface area is 164 Å². The Balaban J connectivity index is 1.62. The van der Waals surface area contributed by atoms with E-state index in [-0.39, 0.29) is 5.25 Å². The number of thioether (sulfide) groups is 1. The average Bonchev–Trinajstić information content (AvgIpc) is 3.27. The van der Waals surface area contributed by atoms with E-state index in [0.717, 1.165) is 49.2 Å². The summed E-state index contributed by atoms with van der Waals surface area (Å²) in [7, 11) is 0. The minimum atomic E-state index is 0.00496. The van der Waals surface area contributed by atoms with Gasteiger partial charge in [-0.25, -0.2) is 0 Å². The number of anilines is 1. The van der Waals surface area contributed by atoms with Gasteiger partial charge in [0.2, 0.25) is 5.95 Å². The van der Waals surface area contributed by atoms with Gasteiger partial charge < -0.3 is 9.32 Å². The summed E-state index contributed by atoms with van der Waals surface area (Å²) in [5.74, 6) is 3.40. The molecule has 0 bridgehead atoms. The zero-order valence-corrected chi connectivity index (χ0v) is 17.0. The van der Waals surface area contributed by atoms with Gasteiger partial charge in [-0.15, -0.1) is 10.2 Å². The second kappa shape index (κ2) is 8.09. The third-order valence-electron chi connectivity index (χ3n) is 5.49. The first kappa shape index (κ1) is 18.6. The highest BCUT2D eigenvalue weighted by Crippen LogP contribution is 2.34. The van der Waals surface area contributed by atoms with Crippen LogP contribution in [0.25, 0.3) is 0 Å². The van der Waals surface area contributed by atoms with Crippen molar-refractivity contribution in [1.82, 2.24) is 14.8 Å². The van der Waals surface area contributed by atoms with Crippen molar-refractivity contribution in [3.8, 4) is 0 Å². The van der Waals surface area contributed by atoms with Gasteiger partial charge in [-0.05, 0) is 43.2 Å². The van der Waals surface area contributed by atoms with Gasteiger partial charge in [0, 0.05) is 19.5 Å². The first-order valence-corrected chi connectivity index (χ1v) is 10.9. The van der Waals surface area contributed by atoms with Gasteiger partial charge >= 0.3 is 0 Å². The fraction of sp³-hybridized carbons (Fsp3) is 0.650. The predicted molar refractivity (Wildman–Crippen MR) is 106 cm³/mol. The molecule has 27 heavy (non-hydrogen) atoms. The summed E-state index contributed by atoms with van der Waals surface area (Å²) in [6, 6.07) is 3.88. The summed E-state index contributed by atoms with van der Waals surface area (Å²) < 4.78 is 7.72. The molecule has 6 nitrogen and oxygen atoms in total. The lowest BCUT2D eigenvalue weighted by atomic mass is 9.92. The van der Waals surface area contributed by atoms with Crippen molar-refractivity contribution in [3.63, 3.8) is 0 Å². The van der Waals surface area contributed by atoms with Crippen LogP contribution in [0.5, 0.6) is 0 Å². The highest BCUT2D eigenvalue weighted by molar-refractivity contribution is 8.00. The zero-order valence-electron chi connectivity index (χ0n) is 16.1. The number of piperidine rings is 1. The monoisotopic (exact) mass is 388 g/mol. The van der Waals surface area contributed by atoms with Crippen LogP contribution in [0.3, 0.4) is 0 Å². The molecule has 3 unspecified atom stereocenters. The van der Waals surface area contributed by atoms with Gasteiger partial charge in [0.15, 0.2) is 5.16 Å². The number of hydrogen-bond acceptors (Lipinski definition) is 6. The fourth-order valence-electron chi connectivity index (χ4n) is 4.33. The Morgan fingerprint density at radius 2 is 2.04 bits per heavy atom. The highest BCUT2D eigenvalue weighted by atomic mass is 32.2. The number of carbonyl (C=O) groups is 1. The first-order chi connectivity index (χ1) is 13.1. The van der Waals surface area contributed by atoms with Crippen LogP contribution in [0.2, 0.25) is 0 Å². The molecule has 1 saturated carbocycles. The fourth-order valence-corrected chi connectivity index (χ4v) is 5.48. The van der Waals surface area contributed by atoms with Crippen molar-refractivity contribution in [3.05, 3.63) is 24.2 Å². The summed E-state index contributed by atoms with van der Waals surface area (Å²) >= 11 is 1.58. The number of carbonyl (C=O) groups excluding carboxylic acids is 1. The minimum Gasteiger partial charge on any atom is -0.467 e. The van der Waals surface area contributed by atoms with Gasteiger partial charge in [-0.3, -0.25) is 9.36 Å². The van der Waals surface area contributed by atoms with E-state index in [2.05, 4.69) is 33.5 Å². The van der Waals surface area contributed by atoms with E-state index >= 15 is 0 Å². The molecule has 3 atom stereocenters. The van der Waals surface area contributed by atoms with Crippen molar-refractivity contribution in [2.75, 3.05) is 18.0 Å². The predicted octanol–water partition coefficient (Wildman–Crippen LogP) is 4.01. The molecule has 3 heterocycles. The second-order valence-electron chi connectivity index (χ2n) is 8.12. The van der Waals surface area contributed by atoms with Gasteiger partial charge in [0.05, 0.1) is 18.1 Å². The van der Waals surface area contributed by atoms with Gasteiger partial charge in [0.1, 0.15) is 11.5 Å². The second-order valence-corrected chi connectivity index (χ2v) is 9.29. The lowest BCUT2D eigenvalue weighted by molar-refractivity contribution is -0.119. The van der Waals surface area contributed by atoms with Crippen LogP contribution in [0.1, 0.15) is 51.7 Å². The molecule has 2 aliphatic rings. The van der Waals surface area contributed by atoms with Crippen molar-refractivity contribution in [1.29, 1.82) is 0 Å². The number of furan rings is 1. The maximum absolute atomic E-state index is 12.3. The van der Waals surface area contributed by atoms with Crippen molar-refractivity contribution in [2.45, 2.75) is 62.9 Å². The lowest BCUT2D eigenvalue weighted by Gasteiger charge is -2.35. The molecule has 146 valence electrons. The molecule has 2 aromatic rings. The van der Waals surface area contributed by atoms with E-state index in [9.17, 15) is 4.79 Å². The number of rotatable bonds is 5. The number of nitrogens with zero attached hydrogens (tertiary/aromatic N) is 4. The Kier molecular flexibility index (Phi) is 5.57. The first-order valence-electron chi connectivity index (χ1n) is 10.00. The van der Waals surface area contributed by atoms with Crippen LogP contribution < -0.4 is 4.90 Å². The van der Waals surface area contributed by atoms with E-state index in [1.54, 1.807) is 18.0 Å². The third-order valence-corrected chi connectivity index (χ3v) is 6.79. The summed E-state index contributed by atoms with van der Waals surface area (Å²) in [5.41, 5.74) is 0. The molecule has 1 saturated heterocycles. The summed E-state index contributed by atoms with van der Waals surface area (Å²) in [6.07, 6.45) is 6.71. The molecule has 4 rings (SSSR count). The average molecular weight is 389 g/mol. The molecule has 0 spiro atoms.